The fraction of sp³-hybridized carbons (Fsp3) is 0.909. The summed E-state index contributed by atoms with van der Waals surface area (Å²) in [6, 6.07) is 0. The first kappa shape index (κ1) is 15.2. The zero-order valence-corrected chi connectivity index (χ0v) is 11.3. The van der Waals surface area contributed by atoms with Crippen molar-refractivity contribution < 1.29 is 4.79 Å². The van der Waals surface area contributed by atoms with Crippen molar-refractivity contribution in [2.24, 2.45) is 0 Å². The minimum atomic E-state index is 0.182. The summed E-state index contributed by atoms with van der Waals surface area (Å²) in [6.45, 7) is 2.86. The molecule has 15 heavy (non-hydrogen) atoms. The van der Waals surface area contributed by atoms with E-state index in [1.807, 2.05) is 0 Å². The Hall–Kier alpha value is 0.170. The monoisotopic (exact) mass is 249 g/mol. The SMILES string of the molecule is CCCNC(=O)CCCCC(S)CCS. The molecular weight excluding hydrogens is 226 g/mol. The van der Waals surface area contributed by atoms with E-state index in [0.717, 1.165) is 44.4 Å². The van der Waals surface area contributed by atoms with Crippen molar-refractivity contribution in [2.75, 3.05) is 12.3 Å². The van der Waals surface area contributed by atoms with Crippen LogP contribution in [-0.2, 0) is 4.79 Å². The third-order valence-corrected chi connectivity index (χ3v) is 3.00. The molecule has 1 N–H and O–H groups in total. The smallest absolute Gasteiger partial charge is 0.219 e. The number of rotatable bonds is 9. The Morgan fingerprint density at radius 2 is 2.07 bits per heavy atom. The van der Waals surface area contributed by atoms with Gasteiger partial charge in [-0.2, -0.15) is 25.3 Å². The molecule has 1 amide bonds. The minimum Gasteiger partial charge on any atom is -0.356 e. The van der Waals surface area contributed by atoms with Gasteiger partial charge in [-0.3, -0.25) is 4.79 Å². The van der Waals surface area contributed by atoms with Crippen molar-refractivity contribution in [3.8, 4) is 0 Å². The number of carbonyl (C=O) groups is 1. The van der Waals surface area contributed by atoms with Crippen LogP contribution < -0.4 is 5.32 Å². The Labute approximate surface area is 104 Å². The maximum Gasteiger partial charge on any atom is 0.219 e. The van der Waals surface area contributed by atoms with Crippen LogP contribution >= 0.6 is 25.3 Å². The van der Waals surface area contributed by atoms with Gasteiger partial charge in [0.1, 0.15) is 0 Å². The zero-order chi connectivity index (χ0) is 11.5. The first-order valence-electron chi connectivity index (χ1n) is 5.76. The van der Waals surface area contributed by atoms with Crippen molar-refractivity contribution in [2.45, 2.75) is 50.7 Å². The van der Waals surface area contributed by atoms with Crippen molar-refractivity contribution in [3.63, 3.8) is 0 Å². The number of amides is 1. The fourth-order valence-electron chi connectivity index (χ4n) is 1.31. The Balaban J connectivity index is 3.26. The maximum atomic E-state index is 11.2. The lowest BCUT2D eigenvalue weighted by Crippen LogP contribution is -2.23. The van der Waals surface area contributed by atoms with E-state index in [0.29, 0.717) is 11.7 Å². The summed E-state index contributed by atoms with van der Waals surface area (Å²) in [7, 11) is 0. The van der Waals surface area contributed by atoms with E-state index in [9.17, 15) is 4.79 Å². The Morgan fingerprint density at radius 3 is 2.67 bits per heavy atom. The number of carbonyl (C=O) groups excluding carboxylic acids is 1. The average Bonchev–Trinajstić information content (AvgIpc) is 2.22. The minimum absolute atomic E-state index is 0.182. The van der Waals surface area contributed by atoms with Gasteiger partial charge >= 0.3 is 0 Å². The van der Waals surface area contributed by atoms with Gasteiger partial charge in [-0.1, -0.05) is 13.3 Å². The van der Waals surface area contributed by atoms with Gasteiger partial charge in [-0.05, 0) is 31.4 Å². The van der Waals surface area contributed by atoms with E-state index in [-0.39, 0.29) is 5.91 Å². The molecule has 90 valence electrons. The van der Waals surface area contributed by atoms with Crippen molar-refractivity contribution in [1.29, 1.82) is 0 Å². The molecule has 0 saturated heterocycles. The molecule has 0 aliphatic carbocycles. The molecule has 0 aliphatic heterocycles. The zero-order valence-electron chi connectivity index (χ0n) is 9.54. The summed E-state index contributed by atoms with van der Waals surface area (Å²) in [5.74, 6) is 1.08. The Morgan fingerprint density at radius 1 is 1.33 bits per heavy atom. The van der Waals surface area contributed by atoms with Crippen LogP contribution in [0, 0.1) is 0 Å². The molecule has 0 aromatic carbocycles. The lowest BCUT2D eigenvalue weighted by molar-refractivity contribution is -0.121. The third-order valence-electron chi connectivity index (χ3n) is 2.23. The molecule has 0 heterocycles. The molecule has 0 radical (unpaired) electrons. The van der Waals surface area contributed by atoms with Crippen LogP contribution in [0.25, 0.3) is 0 Å². The molecule has 2 nitrogen and oxygen atoms in total. The van der Waals surface area contributed by atoms with E-state index in [1.54, 1.807) is 0 Å². The van der Waals surface area contributed by atoms with Crippen LogP contribution in [-0.4, -0.2) is 23.5 Å². The quantitative estimate of drug-likeness (QED) is 0.426. The number of hydrogen-bond acceptors (Lipinski definition) is 3. The van der Waals surface area contributed by atoms with E-state index < -0.39 is 0 Å². The van der Waals surface area contributed by atoms with E-state index in [1.165, 1.54) is 0 Å². The molecular formula is C11H23NOS2. The summed E-state index contributed by atoms with van der Waals surface area (Å²) in [5.41, 5.74) is 0. The largest absolute Gasteiger partial charge is 0.356 e. The molecule has 0 aromatic heterocycles. The predicted molar refractivity (Wildman–Crippen MR) is 73.0 cm³/mol. The van der Waals surface area contributed by atoms with Crippen LogP contribution in [0.5, 0.6) is 0 Å². The van der Waals surface area contributed by atoms with Gasteiger partial charge in [0, 0.05) is 18.2 Å². The summed E-state index contributed by atoms with van der Waals surface area (Å²) in [4.78, 5) is 11.2. The van der Waals surface area contributed by atoms with Gasteiger partial charge in [-0.25, -0.2) is 0 Å². The summed E-state index contributed by atoms with van der Waals surface area (Å²) in [6.07, 6.45) is 5.85. The molecule has 0 bridgehead atoms. The van der Waals surface area contributed by atoms with Crippen molar-refractivity contribution >= 4 is 31.2 Å². The predicted octanol–water partition coefficient (Wildman–Crippen LogP) is 2.69. The average molecular weight is 249 g/mol. The molecule has 0 spiro atoms. The van der Waals surface area contributed by atoms with Gasteiger partial charge in [0.2, 0.25) is 5.91 Å². The van der Waals surface area contributed by atoms with Crippen LogP contribution in [0.3, 0.4) is 0 Å². The highest BCUT2D eigenvalue weighted by Crippen LogP contribution is 2.12. The highest BCUT2D eigenvalue weighted by molar-refractivity contribution is 7.81. The van der Waals surface area contributed by atoms with Gasteiger partial charge in [0.05, 0.1) is 0 Å². The first-order valence-corrected chi connectivity index (χ1v) is 6.91. The Bertz CT molecular complexity index is 165. The number of unbranched alkanes of at least 4 members (excludes halogenated alkanes) is 1. The van der Waals surface area contributed by atoms with Gasteiger partial charge in [0.15, 0.2) is 0 Å². The second-order valence-corrected chi connectivity index (χ2v) is 4.94. The van der Waals surface area contributed by atoms with Gasteiger partial charge in [-0.15, -0.1) is 0 Å². The molecule has 1 atom stereocenters. The molecule has 0 rings (SSSR count). The van der Waals surface area contributed by atoms with Crippen LogP contribution in [0.4, 0.5) is 0 Å². The topological polar surface area (TPSA) is 29.1 Å². The second kappa shape index (κ2) is 10.7. The third kappa shape index (κ3) is 10.5. The molecule has 0 saturated carbocycles. The van der Waals surface area contributed by atoms with Crippen LogP contribution in [0.2, 0.25) is 0 Å². The highest BCUT2D eigenvalue weighted by atomic mass is 32.1. The molecule has 4 heteroatoms. The molecule has 0 fully saturated rings. The van der Waals surface area contributed by atoms with Crippen molar-refractivity contribution in [3.05, 3.63) is 0 Å². The van der Waals surface area contributed by atoms with Crippen molar-refractivity contribution in [1.82, 2.24) is 5.32 Å². The number of nitrogens with one attached hydrogen (secondary N) is 1. The van der Waals surface area contributed by atoms with Gasteiger partial charge in [0.25, 0.3) is 0 Å². The summed E-state index contributed by atoms with van der Waals surface area (Å²) in [5, 5.41) is 3.32. The summed E-state index contributed by atoms with van der Waals surface area (Å²) >= 11 is 8.60. The van der Waals surface area contributed by atoms with Crippen LogP contribution in [0.1, 0.15) is 45.4 Å². The molecule has 1 unspecified atom stereocenters. The first-order chi connectivity index (χ1) is 7.20. The summed E-state index contributed by atoms with van der Waals surface area (Å²) < 4.78 is 0. The lowest BCUT2D eigenvalue weighted by atomic mass is 10.1. The Kier molecular flexibility index (Phi) is 10.8. The second-order valence-electron chi connectivity index (χ2n) is 3.76. The number of thiol groups is 2. The van der Waals surface area contributed by atoms with E-state index in [2.05, 4.69) is 37.5 Å². The number of hydrogen-bond donors (Lipinski definition) is 3. The van der Waals surface area contributed by atoms with E-state index in [4.69, 9.17) is 0 Å². The fourth-order valence-corrected chi connectivity index (χ4v) is 2.14. The van der Waals surface area contributed by atoms with E-state index >= 15 is 0 Å². The molecule has 0 aliphatic rings. The lowest BCUT2D eigenvalue weighted by Gasteiger charge is -2.08. The normalized spacial score (nSPS) is 12.5. The van der Waals surface area contributed by atoms with Gasteiger partial charge < -0.3 is 5.32 Å². The molecule has 0 aromatic rings. The van der Waals surface area contributed by atoms with Crippen LogP contribution in [0.15, 0.2) is 0 Å². The highest BCUT2D eigenvalue weighted by Gasteiger charge is 2.03. The standard InChI is InChI=1S/C11H23NOS2/c1-2-8-12-11(13)6-4-3-5-10(15)7-9-14/h10,14-15H,2-9H2,1H3,(H,12,13). The maximum absolute atomic E-state index is 11.2.